The van der Waals surface area contributed by atoms with E-state index in [0.717, 1.165) is 21.2 Å². The summed E-state index contributed by atoms with van der Waals surface area (Å²) in [6, 6.07) is 9.08. The number of nitrogen functional groups attached to an aromatic ring is 1. The second-order valence-electron chi connectivity index (χ2n) is 4.54. The van der Waals surface area contributed by atoms with Crippen LogP contribution in [0.5, 0.6) is 0 Å². The summed E-state index contributed by atoms with van der Waals surface area (Å²) in [6.07, 6.45) is 0.696. The van der Waals surface area contributed by atoms with Gasteiger partial charge in [-0.25, -0.2) is 4.39 Å². The van der Waals surface area contributed by atoms with Crippen molar-refractivity contribution < 1.29 is 4.39 Å². The van der Waals surface area contributed by atoms with Crippen LogP contribution < -0.4 is 5.73 Å². The van der Waals surface area contributed by atoms with Crippen LogP contribution in [-0.2, 0) is 6.42 Å². The molecule has 3 heteroatoms. The van der Waals surface area contributed by atoms with Crippen LogP contribution in [-0.4, -0.2) is 0 Å². The lowest BCUT2D eigenvalue weighted by atomic mass is 9.98. The van der Waals surface area contributed by atoms with Gasteiger partial charge in [0.05, 0.1) is 0 Å². The lowest BCUT2D eigenvalue weighted by molar-refractivity contribution is 0.626. The number of anilines is 1. The molecule has 0 fully saturated rings. The average molecular weight is 308 g/mol. The molecule has 0 atom stereocenters. The van der Waals surface area contributed by atoms with Crippen molar-refractivity contribution in [1.29, 1.82) is 0 Å². The third kappa shape index (κ3) is 2.72. The lowest BCUT2D eigenvalue weighted by Crippen LogP contribution is -1.99. The van der Waals surface area contributed by atoms with Gasteiger partial charge in [0.1, 0.15) is 5.82 Å². The molecule has 0 spiro atoms. The minimum absolute atomic E-state index is 0.276. The Balaban J connectivity index is 2.36. The van der Waals surface area contributed by atoms with E-state index < -0.39 is 0 Å². The molecule has 0 aromatic heterocycles. The van der Waals surface area contributed by atoms with E-state index in [1.807, 2.05) is 26.0 Å². The van der Waals surface area contributed by atoms with Crippen molar-refractivity contribution in [2.24, 2.45) is 0 Å². The Morgan fingerprint density at radius 1 is 1.17 bits per heavy atom. The zero-order valence-corrected chi connectivity index (χ0v) is 12.0. The fourth-order valence-corrected chi connectivity index (χ4v) is 2.23. The van der Waals surface area contributed by atoms with E-state index in [9.17, 15) is 4.39 Å². The molecule has 0 saturated heterocycles. The third-order valence-electron chi connectivity index (χ3n) is 3.14. The lowest BCUT2D eigenvalue weighted by Gasteiger charge is -2.10. The summed E-state index contributed by atoms with van der Waals surface area (Å²) in [5, 5.41) is 0. The Morgan fingerprint density at radius 3 is 2.56 bits per heavy atom. The number of halogens is 2. The largest absolute Gasteiger partial charge is 0.398 e. The maximum atomic E-state index is 13.4. The molecule has 0 aliphatic carbocycles. The number of nitrogens with two attached hydrogens (primary N) is 1. The first-order valence-electron chi connectivity index (χ1n) is 5.77. The van der Waals surface area contributed by atoms with Crippen molar-refractivity contribution in [2.45, 2.75) is 20.3 Å². The first kappa shape index (κ1) is 13.1. The average Bonchev–Trinajstić information content (AvgIpc) is 2.30. The first-order chi connectivity index (χ1) is 8.47. The summed E-state index contributed by atoms with van der Waals surface area (Å²) in [6.45, 7) is 3.97. The van der Waals surface area contributed by atoms with Crippen molar-refractivity contribution in [3.05, 3.63) is 62.9 Å². The molecule has 2 rings (SSSR count). The molecule has 0 aliphatic rings. The number of rotatable bonds is 2. The van der Waals surface area contributed by atoms with E-state index in [4.69, 9.17) is 5.73 Å². The maximum absolute atomic E-state index is 13.4. The van der Waals surface area contributed by atoms with Crippen LogP contribution in [0.15, 0.2) is 34.8 Å². The van der Waals surface area contributed by atoms with E-state index in [-0.39, 0.29) is 5.82 Å². The molecule has 94 valence electrons. The molecule has 2 aromatic carbocycles. The zero-order valence-electron chi connectivity index (χ0n) is 10.4. The minimum atomic E-state index is -0.276. The molecule has 0 saturated carbocycles. The van der Waals surface area contributed by atoms with Gasteiger partial charge in [-0.1, -0.05) is 28.1 Å². The first-order valence-corrected chi connectivity index (χ1v) is 6.56. The van der Waals surface area contributed by atoms with E-state index in [2.05, 4.69) is 22.0 Å². The highest BCUT2D eigenvalue weighted by Crippen LogP contribution is 2.23. The van der Waals surface area contributed by atoms with Crippen LogP contribution in [0.25, 0.3) is 0 Å². The van der Waals surface area contributed by atoms with E-state index >= 15 is 0 Å². The summed E-state index contributed by atoms with van der Waals surface area (Å²) in [5.41, 5.74) is 10.5. The molecular formula is C15H15BrFN. The van der Waals surface area contributed by atoms with E-state index in [1.54, 1.807) is 6.07 Å². The molecule has 2 aromatic rings. The topological polar surface area (TPSA) is 26.0 Å². The molecule has 0 aliphatic heterocycles. The van der Waals surface area contributed by atoms with Crippen molar-refractivity contribution in [2.75, 3.05) is 5.73 Å². The van der Waals surface area contributed by atoms with Gasteiger partial charge in [0.2, 0.25) is 0 Å². The SMILES string of the molecule is Cc1cc(Cc2cc(F)cc(N)c2C)ccc1Br. The summed E-state index contributed by atoms with van der Waals surface area (Å²) in [5.74, 6) is -0.276. The Morgan fingerprint density at radius 2 is 1.89 bits per heavy atom. The highest BCUT2D eigenvalue weighted by atomic mass is 79.9. The van der Waals surface area contributed by atoms with Gasteiger partial charge in [0.15, 0.2) is 0 Å². The predicted molar refractivity (Wildman–Crippen MR) is 77.2 cm³/mol. The summed E-state index contributed by atoms with van der Waals surface area (Å²) in [4.78, 5) is 0. The van der Waals surface area contributed by atoms with Crippen molar-refractivity contribution >= 4 is 21.6 Å². The summed E-state index contributed by atoms with van der Waals surface area (Å²) in [7, 11) is 0. The number of aryl methyl sites for hydroxylation is 1. The monoisotopic (exact) mass is 307 g/mol. The fourth-order valence-electron chi connectivity index (χ4n) is 1.98. The molecule has 0 heterocycles. The molecule has 18 heavy (non-hydrogen) atoms. The van der Waals surface area contributed by atoms with Crippen molar-refractivity contribution in [3.8, 4) is 0 Å². The fraction of sp³-hybridized carbons (Fsp3) is 0.200. The van der Waals surface area contributed by atoms with Crippen LogP contribution in [0.4, 0.5) is 10.1 Å². The highest BCUT2D eigenvalue weighted by molar-refractivity contribution is 9.10. The predicted octanol–water partition coefficient (Wildman–Crippen LogP) is 4.38. The third-order valence-corrected chi connectivity index (χ3v) is 4.03. The molecule has 0 amide bonds. The highest BCUT2D eigenvalue weighted by Gasteiger charge is 2.07. The molecular weight excluding hydrogens is 293 g/mol. The van der Waals surface area contributed by atoms with Crippen LogP contribution in [0.2, 0.25) is 0 Å². The second kappa shape index (κ2) is 5.11. The van der Waals surface area contributed by atoms with Gasteiger partial charge < -0.3 is 5.73 Å². The van der Waals surface area contributed by atoms with Crippen LogP contribution >= 0.6 is 15.9 Å². The zero-order chi connectivity index (χ0) is 13.3. The Labute approximate surface area is 115 Å². The Kier molecular flexibility index (Phi) is 3.71. The molecule has 0 bridgehead atoms. The van der Waals surface area contributed by atoms with Gasteiger partial charge >= 0.3 is 0 Å². The normalized spacial score (nSPS) is 10.7. The van der Waals surface area contributed by atoms with E-state index in [1.165, 1.54) is 11.6 Å². The van der Waals surface area contributed by atoms with Crippen LogP contribution in [0.3, 0.4) is 0 Å². The summed E-state index contributed by atoms with van der Waals surface area (Å²) >= 11 is 3.47. The molecule has 1 nitrogen and oxygen atoms in total. The van der Waals surface area contributed by atoms with Gasteiger partial charge in [-0.05, 0) is 60.7 Å². The van der Waals surface area contributed by atoms with Crippen molar-refractivity contribution in [3.63, 3.8) is 0 Å². The van der Waals surface area contributed by atoms with Crippen LogP contribution in [0, 0.1) is 19.7 Å². The van der Waals surface area contributed by atoms with Crippen molar-refractivity contribution in [1.82, 2.24) is 0 Å². The minimum Gasteiger partial charge on any atom is -0.398 e. The van der Waals surface area contributed by atoms with Gasteiger partial charge in [-0.3, -0.25) is 0 Å². The van der Waals surface area contributed by atoms with Gasteiger partial charge in [-0.2, -0.15) is 0 Å². The smallest absolute Gasteiger partial charge is 0.125 e. The van der Waals surface area contributed by atoms with Gasteiger partial charge in [-0.15, -0.1) is 0 Å². The number of hydrogen-bond acceptors (Lipinski definition) is 1. The maximum Gasteiger partial charge on any atom is 0.125 e. The summed E-state index contributed by atoms with van der Waals surface area (Å²) < 4.78 is 14.5. The standard InChI is InChI=1S/C15H15BrFN/c1-9-5-11(3-4-14(9)16)6-12-7-13(17)8-15(18)10(12)2/h3-5,7-8H,6,18H2,1-2H3. The second-order valence-corrected chi connectivity index (χ2v) is 5.39. The van der Waals surface area contributed by atoms with Gasteiger partial charge in [0, 0.05) is 10.2 Å². The number of hydrogen-bond donors (Lipinski definition) is 1. The Bertz CT molecular complexity index is 593. The Hall–Kier alpha value is -1.35. The quantitative estimate of drug-likeness (QED) is 0.819. The number of benzene rings is 2. The van der Waals surface area contributed by atoms with E-state index in [0.29, 0.717) is 12.1 Å². The van der Waals surface area contributed by atoms with Gasteiger partial charge in [0.25, 0.3) is 0 Å². The molecule has 2 N–H and O–H groups in total. The van der Waals surface area contributed by atoms with Crippen LogP contribution in [0.1, 0.15) is 22.3 Å². The molecule has 0 unspecified atom stereocenters. The molecule has 0 radical (unpaired) electrons.